The summed E-state index contributed by atoms with van der Waals surface area (Å²) in [6.45, 7) is 7.22. The number of hydrogen-bond donors (Lipinski definition) is 0. The number of piperidine rings is 1. The number of aromatic nitrogens is 3. The molecule has 33 heavy (non-hydrogen) atoms. The smallest absolute Gasteiger partial charge is 0.276 e. The van der Waals surface area contributed by atoms with Crippen molar-refractivity contribution in [1.82, 2.24) is 19.3 Å². The molecule has 1 aliphatic heterocycles. The quantitative estimate of drug-likeness (QED) is 0.292. The van der Waals surface area contributed by atoms with Crippen LogP contribution in [-0.4, -0.2) is 49.3 Å². The summed E-state index contributed by atoms with van der Waals surface area (Å²) in [5, 5.41) is 0. The molecule has 4 heterocycles. The summed E-state index contributed by atoms with van der Waals surface area (Å²) >= 11 is 2.15. The molecule has 0 aromatic carbocycles. The summed E-state index contributed by atoms with van der Waals surface area (Å²) in [5.41, 5.74) is 2.25. The monoisotopic (exact) mass is 566 g/mol. The average molecular weight is 566 g/mol. The number of ether oxygens (including phenoxy) is 1. The van der Waals surface area contributed by atoms with Gasteiger partial charge in [0.2, 0.25) is 0 Å². The van der Waals surface area contributed by atoms with Crippen LogP contribution in [0.2, 0.25) is 0 Å². The molecule has 0 saturated carbocycles. The van der Waals surface area contributed by atoms with Crippen LogP contribution in [0.1, 0.15) is 55.0 Å². The first-order valence-corrected chi connectivity index (χ1v) is 13.5. The number of carbonyl (C=O) groups excluding carboxylic acids is 1. The van der Waals surface area contributed by atoms with Gasteiger partial charge in [-0.25, -0.2) is 14.4 Å². The molecule has 0 radical (unpaired) electrons. The third kappa shape index (κ3) is 6.22. The molecule has 0 aliphatic carbocycles. The minimum atomic E-state index is -0.346. The number of pyridine rings is 2. The number of fused-ring (bicyclic) bond motifs is 1. The van der Waals surface area contributed by atoms with Crippen LogP contribution < -0.4 is 4.74 Å². The second-order valence-corrected chi connectivity index (χ2v) is 8.68. The lowest BCUT2D eigenvalue weighted by Gasteiger charge is -2.35. The van der Waals surface area contributed by atoms with E-state index in [1.807, 2.05) is 35.1 Å². The molecule has 0 unspecified atom stereocenters. The number of carbonyl (C=O) groups is 1. The molecule has 6 nitrogen and oxygen atoms in total. The number of alkyl halides is 1. The summed E-state index contributed by atoms with van der Waals surface area (Å²) < 4.78 is 21.6. The van der Waals surface area contributed by atoms with E-state index >= 15 is 0 Å². The molecule has 4 rings (SSSR count). The summed E-state index contributed by atoms with van der Waals surface area (Å²) in [6, 6.07) is 6.76. The lowest BCUT2D eigenvalue weighted by Crippen LogP contribution is -2.45. The van der Waals surface area contributed by atoms with Crippen LogP contribution in [0.5, 0.6) is 5.75 Å². The van der Waals surface area contributed by atoms with Crippen molar-refractivity contribution in [2.45, 2.75) is 52.5 Å². The maximum absolute atomic E-state index is 14.0. The Kier molecular flexibility index (Phi) is 9.05. The van der Waals surface area contributed by atoms with Gasteiger partial charge in [0, 0.05) is 37.1 Å². The van der Waals surface area contributed by atoms with Gasteiger partial charge < -0.3 is 14.0 Å². The second kappa shape index (κ2) is 11.8. The molecule has 8 heteroatoms. The third-order valence-electron chi connectivity index (χ3n) is 5.59. The largest absolute Gasteiger partial charge is 0.491 e. The maximum Gasteiger partial charge on any atom is 0.276 e. The van der Waals surface area contributed by atoms with Crippen LogP contribution in [0, 0.1) is 18.7 Å². The molecule has 0 bridgehead atoms. The molecular formula is C25H32FIN4O2. The van der Waals surface area contributed by atoms with E-state index in [0.29, 0.717) is 42.6 Å². The van der Waals surface area contributed by atoms with E-state index in [2.05, 4.69) is 46.4 Å². The standard InChI is InChI=1S/C24H29FN4O2.CH3I/c1-16(2)15-31-21-10-9-17(3)26-22(21)24(30)29-12-5-4-7-19(29)13-18-14-28-11-6-8-20(25)23(28)27-18;1-2/h6,8-11,14,16,19H,4-5,7,12-13,15H2,1-3H3;1H3/t19-;/m0./s1. The minimum absolute atomic E-state index is 0.00511. The number of imidazole rings is 1. The van der Waals surface area contributed by atoms with Gasteiger partial charge in [-0.05, 0) is 61.3 Å². The van der Waals surface area contributed by atoms with Gasteiger partial charge in [0.25, 0.3) is 5.91 Å². The minimum Gasteiger partial charge on any atom is -0.491 e. The first kappa shape index (κ1) is 25.4. The van der Waals surface area contributed by atoms with Gasteiger partial charge in [-0.15, -0.1) is 0 Å². The zero-order valence-corrected chi connectivity index (χ0v) is 21.9. The zero-order chi connectivity index (χ0) is 24.0. The number of hydrogen-bond acceptors (Lipinski definition) is 4. The zero-order valence-electron chi connectivity index (χ0n) is 19.7. The predicted octanol–water partition coefficient (Wildman–Crippen LogP) is 5.50. The van der Waals surface area contributed by atoms with E-state index in [9.17, 15) is 9.18 Å². The highest BCUT2D eigenvalue weighted by Gasteiger charge is 2.31. The summed E-state index contributed by atoms with van der Waals surface area (Å²) in [5.74, 6) is 0.425. The van der Waals surface area contributed by atoms with Gasteiger partial charge in [-0.2, -0.15) is 0 Å². The van der Waals surface area contributed by atoms with Gasteiger partial charge >= 0.3 is 0 Å². The van der Waals surface area contributed by atoms with Crippen LogP contribution >= 0.6 is 22.6 Å². The molecule has 0 spiro atoms. The van der Waals surface area contributed by atoms with E-state index in [0.717, 1.165) is 30.7 Å². The fraction of sp³-hybridized carbons (Fsp3) is 0.480. The fourth-order valence-electron chi connectivity index (χ4n) is 4.06. The number of nitrogens with zero attached hydrogens (tertiary/aromatic N) is 4. The number of aryl methyl sites for hydroxylation is 1. The summed E-state index contributed by atoms with van der Waals surface area (Å²) in [7, 11) is 0. The Bertz CT molecular complexity index is 1090. The van der Waals surface area contributed by atoms with Crippen LogP contribution in [0.3, 0.4) is 0 Å². The molecule has 1 atom stereocenters. The van der Waals surface area contributed by atoms with Crippen molar-refractivity contribution in [3.05, 3.63) is 59.6 Å². The molecular weight excluding hydrogens is 534 g/mol. The molecule has 1 aliphatic rings. The Morgan fingerprint density at radius 3 is 2.76 bits per heavy atom. The molecule has 3 aromatic heterocycles. The predicted molar refractivity (Wildman–Crippen MR) is 137 cm³/mol. The van der Waals surface area contributed by atoms with Gasteiger partial charge in [0.05, 0.1) is 12.3 Å². The van der Waals surface area contributed by atoms with E-state index in [1.54, 1.807) is 16.7 Å². The van der Waals surface area contributed by atoms with Crippen molar-refractivity contribution in [2.24, 2.45) is 5.92 Å². The van der Waals surface area contributed by atoms with Gasteiger partial charge in [0.15, 0.2) is 22.9 Å². The molecule has 3 aromatic rings. The Morgan fingerprint density at radius 1 is 1.24 bits per heavy atom. The number of amides is 1. The van der Waals surface area contributed by atoms with Crippen LogP contribution in [0.4, 0.5) is 4.39 Å². The van der Waals surface area contributed by atoms with Crippen molar-refractivity contribution in [1.29, 1.82) is 0 Å². The topological polar surface area (TPSA) is 59.7 Å². The van der Waals surface area contributed by atoms with Gasteiger partial charge in [0.1, 0.15) is 0 Å². The Hall–Kier alpha value is -2.23. The highest BCUT2D eigenvalue weighted by molar-refractivity contribution is 14.1. The molecule has 1 fully saturated rings. The Morgan fingerprint density at radius 2 is 2.03 bits per heavy atom. The molecule has 1 saturated heterocycles. The van der Waals surface area contributed by atoms with Crippen LogP contribution in [-0.2, 0) is 6.42 Å². The van der Waals surface area contributed by atoms with E-state index < -0.39 is 0 Å². The van der Waals surface area contributed by atoms with E-state index in [-0.39, 0.29) is 17.8 Å². The Labute approximate surface area is 208 Å². The molecule has 0 N–H and O–H groups in total. The van der Waals surface area contributed by atoms with E-state index in [1.165, 1.54) is 6.07 Å². The van der Waals surface area contributed by atoms with E-state index in [4.69, 9.17) is 4.74 Å². The first-order valence-electron chi connectivity index (χ1n) is 11.3. The SMILES string of the molecule is CI.Cc1ccc(OCC(C)C)c(C(=O)N2CCCC[C@H]2Cc2cn3cccc(F)c3n2)n1. The van der Waals surface area contributed by atoms with Crippen LogP contribution in [0.25, 0.3) is 5.65 Å². The third-order valence-corrected chi connectivity index (χ3v) is 5.59. The average Bonchev–Trinajstić information content (AvgIpc) is 3.23. The number of rotatable bonds is 6. The first-order chi connectivity index (χ1) is 15.9. The lowest BCUT2D eigenvalue weighted by atomic mass is 9.97. The van der Waals surface area contributed by atoms with Crippen molar-refractivity contribution in [3.63, 3.8) is 0 Å². The van der Waals surface area contributed by atoms with Gasteiger partial charge in [-0.1, -0.05) is 36.4 Å². The van der Waals surface area contributed by atoms with Crippen molar-refractivity contribution in [3.8, 4) is 5.75 Å². The molecule has 1 amide bonds. The Balaban J connectivity index is 0.00000149. The van der Waals surface area contributed by atoms with Crippen molar-refractivity contribution in [2.75, 3.05) is 18.1 Å². The highest BCUT2D eigenvalue weighted by atomic mass is 127. The summed E-state index contributed by atoms with van der Waals surface area (Å²) in [4.78, 5) is 26.4. The molecule has 178 valence electrons. The van der Waals surface area contributed by atoms with Crippen LogP contribution in [0.15, 0.2) is 36.7 Å². The maximum atomic E-state index is 14.0. The summed E-state index contributed by atoms with van der Waals surface area (Å²) in [6.07, 6.45) is 7.10. The number of likely N-dealkylation sites (tertiary alicyclic amines) is 1. The highest BCUT2D eigenvalue weighted by Crippen LogP contribution is 2.26. The fourth-order valence-corrected chi connectivity index (χ4v) is 4.06. The van der Waals surface area contributed by atoms with Crippen molar-refractivity contribution >= 4 is 34.1 Å². The second-order valence-electron chi connectivity index (χ2n) is 8.68. The number of halogens is 2. The van der Waals surface area contributed by atoms with Crippen molar-refractivity contribution < 1.29 is 13.9 Å². The normalized spacial score (nSPS) is 16.0. The van der Waals surface area contributed by atoms with Gasteiger partial charge in [-0.3, -0.25) is 4.79 Å². The lowest BCUT2D eigenvalue weighted by molar-refractivity contribution is 0.0600.